The van der Waals surface area contributed by atoms with Crippen molar-refractivity contribution in [1.82, 2.24) is 9.55 Å². The minimum absolute atomic E-state index is 0.0127. The Kier molecular flexibility index (Phi) is 5.41. The molecule has 0 aliphatic rings. The van der Waals surface area contributed by atoms with Gasteiger partial charge in [0.25, 0.3) is 5.56 Å². The maximum Gasteiger partial charge on any atom is 0.253 e. The molecule has 5 nitrogen and oxygen atoms in total. The van der Waals surface area contributed by atoms with E-state index >= 15 is 0 Å². The molecule has 26 heavy (non-hydrogen) atoms. The van der Waals surface area contributed by atoms with Crippen LogP contribution in [0, 0.1) is 6.92 Å². The number of benzene rings is 1. The van der Waals surface area contributed by atoms with Crippen LogP contribution in [0.25, 0.3) is 22.2 Å². The van der Waals surface area contributed by atoms with E-state index in [9.17, 15) is 4.79 Å². The van der Waals surface area contributed by atoms with Gasteiger partial charge in [0, 0.05) is 47.3 Å². The maximum atomic E-state index is 12.1. The van der Waals surface area contributed by atoms with Crippen molar-refractivity contribution < 1.29 is 4.42 Å². The lowest BCUT2D eigenvalue weighted by Crippen LogP contribution is -2.18. The fraction of sp³-hybridized carbons (Fsp3) is 0.400. The molecule has 3 rings (SSSR count). The number of nitrogens with one attached hydrogen (secondary N) is 1. The Hall–Kier alpha value is -2.21. The van der Waals surface area contributed by atoms with E-state index in [-0.39, 0.29) is 11.5 Å². The topological polar surface area (TPSA) is 60.1 Å². The molecule has 0 amide bonds. The van der Waals surface area contributed by atoms with Crippen molar-refractivity contribution >= 4 is 28.7 Å². The van der Waals surface area contributed by atoms with Gasteiger partial charge in [0.15, 0.2) is 11.5 Å². The van der Waals surface area contributed by atoms with Crippen LogP contribution in [0.3, 0.4) is 0 Å². The molecule has 2 heterocycles. The SMILES string of the molecule is CCSNc1cc(-c2cc(C)c(=O)n(C)c2)c2oc(C(C)CC)nc2c1. The molecule has 0 spiro atoms. The van der Waals surface area contributed by atoms with Gasteiger partial charge in [-0.2, -0.15) is 0 Å². The van der Waals surface area contributed by atoms with Crippen molar-refractivity contribution in [3.8, 4) is 11.1 Å². The van der Waals surface area contributed by atoms with Crippen LogP contribution >= 0.6 is 11.9 Å². The highest BCUT2D eigenvalue weighted by atomic mass is 32.2. The molecule has 2 aromatic heterocycles. The summed E-state index contributed by atoms with van der Waals surface area (Å²) in [5.41, 5.74) is 5.21. The molecule has 1 N–H and O–H groups in total. The minimum Gasteiger partial charge on any atom is -0.440 e. The fourth-order valence-electron chi connectivity index (χ4n) is 2.89. The second-order valence-electron chi connectivity index (χ2n) is 6.60. The molecule has 0 saturated heterocycles. The van der Waals surface area contributed by atoms with Gasteiger partial charge in [0.05, 0.1) is 0 Å². The summed E-state index contributed by atoms with van der Waals surface area (Å²) < 4.78 is 11.1. The van der Waals surface area contributed by atoms with E-state index in [0.29, 0.717) is 5.56 Å². The van der Waals surface area contributed by atoms with E-state index in [2.05, 4.69) is 31.6 Å². The molecule has 1 aromatic carbocycles. The van der Waals surface area contributed by atoms with Crippen molar-refractivity contribution in [2.45, 2.75) is 40.0 Å². The lowest BCUT2D eigenvalue weighted by Gasteiger charge is -2.10. The summed E-state index contributed by atoms with van der Waals surface area (Å²) in [5, 5.41) is 0. The van der Waals surface area contributed by atoms with Crippen LogP contribution in [0.1, 0.15) is 44.6 Å². The highest BCUT2D eigenvalue weighted by Gasteiger charge is 2.17. The molecule has 0 bridgehead atoms. The Balaban J connectivity index is 2.23. The van der Waals surface area contributed by atoms with E-state index in [0.717, 1.165) is 46.0 Å². The second kappa shape index (κ2) is 7.58. The molecule has 0 saturated carbocycles. The molecule has 0 aliphatic carbocycles. The molecule has 3 aromatic rings. The zero-order valence-corrected chi connectivity index (χ0v) is 16.7. The van der Waals surface area contributed by atoms with E-state index < -0.39 is 0 Å². The van der Waals surface area contributed by atoms with Crippen LogP contribution in [-0.4, -0.2) is 15.3 Å². The van der Waals surface area contributed by atoms with Crippen molar-refractivity contribution in [2.75, 3.05) is 10.5 Å². The van der Waals surface area contributed by atoms with E-state index in [1.165, 1.54) is 0 Å². The standard InChI is InChI=1S/C20H25N3O2S/c1-6-12(3)19-21-17-10-15(22-26-7-2)9-16(18(17)25-19)14-8-13(4)20(24)23(5)11-14/h8-12,22H,6-7H2,1-5H3. The van der Waals surface area contributed by atoms with Gasteiger partial charge in [-0.15, -0.1) is 0 Å². The summed E-state index contributed by atoms with van der Waals surface area (Å²) in [6.45, 7) is 8.18. The summed E-state index contributed by atoms with van der Waals surface area (Å²) in [5.74, 6) is 1.98. The van der Waals surface area contributed by atoms with Crippen molar-refractivity contribution in [2.24, 2.45) is 7.05 Å². The number of fused-ring (bicyclic) bond motifs is 1. The Morgan fingerprint density at radius 3 is 2.73 bits per heavy atom. The molecular formula is C20H25N3O2S. The lowest BCUT2D eigenvalue weighted by molar-refractivity contribution is 0.480. The second-order valence-corrected chi connectivity index (χ2v) is 7.67. The quantitative estimate of drug-likeness (QED) is 0.611. The third kappa shape index (κ3) is 3.51. The molecule has 0 fully saturated rings. The number of pyridine rings is 1. The third-order valence-electron chi connectivity index (χ3n) is 4.55. The fourth-order valence-corrected chi connectivity index (χ4v) is 3.32. The Morgan fingerprint density at radius 2 is 2.08 bits per heavy atom. The molecule has 1 unspecified atom stereocenters. The van der Waals surface area contributed by atoms with E-state index in [1.807, 2.05) is 25.3 Å². The Bertz CT molecular complexity index is 964. The number of rotatable bonds is 6. The van der Waals surface area contributed by atoms with Crippen molar-refractivity contribution in [1.29, 1.82) is 0 Å². The van der Waals surface area contributed by atoms with Gasteiger partial charge in [-0.05, 0) is 31.5 Å². The predicted octanol–water partition coefficient (Wildman–Crippen LogP) is 5.10. The molecule has 138 valence electrons. The summed E-state index contributed by atoms with van der Waals surface area (Å²) in [6, 6.07) is 6.00. The van der Waals surface area contributed by atoms with Gasteiger partial charge in [0.2, 0.25) is 0 Å². The van der Waals surface area contributed by atoms with Gasteiger partial charge in [-0.25, -0.2) is 4.98 Å². The minimum atomic E-state index is 0.0127. The maximum absolute atomic E-state index is 12.1. The first kappa shape index (κ1) is 18.6. The van der Waals surface area contributed by atoms with Crippen LogP contribution in [0.15, 0.2) is 33.6 Å². The summed E-state index contributed by atoms with van der Waals surface area (Å²) in [6.07, 6.45) is 2.82. The first-order valence-electron chi connectivity index (χ1n) is 8.94. The number of aryl methyl sites for hydroxylation is 2. The monoisotopic (exact) mass is 371 g/mol. The molecule has 6 heteroatoms. The van der Waals surface area contributed by atoms with Gasteiger partial charge in [-0.1, -0.05) is 32.7 Å². The Labute approximate surface area is 158 Å². The lowest BCUT2D eigenvalue weighted by atomic mass is 10.0. The van der Waals surface area contributed by atoms with E-state index in [4.69, 9.17) is 9.40 Å². The number of aromatic nitrogens is 2. The van der Waals surface area contributed by atoms with Crippen LogP contribution < -0.4 is 10.3 Å². The highest BCUT2D eigenvalue weighted by molar-refractivity contribution is 8.00. The van der Waals surface area contributed by atoms with Crippen LogP contribution in [0.4, 0.5) is 5.69 Å². The van der Waals surface area contributed by atoms with Crippen LogP contribution in [0.5, 0.6) is 0 Å². The van der Waals surface area contributed by atoms with Crippen molar-refractivity contribution in [3.63, 3.8) is 0 Å². The van der Waals surface area contributed by atoms with Gasteiger partial charge in [0.1, 0.15) is 5.52 Å². The van der Waals surface area contributed by atoms with Gasteiger partial charge >= 0.3 is 0 Å². The Morgan fingerprint density at radius 1 is 1.31 bits per heavy atom. The van der Waals surface area contributed by atoms with Gasteiger partial charge in [-0.3, -0.25) is 4.79 Å². The normalized spacial score (nSPS) is 12.5. The number of anilines is 1. The zero-order chi connectivity index (χ0) is 18.8. The smallest absolute Gasteiger partial charge is 0.253 e. The first-order valence-corrected chi connectivity index (χ1v) is 9.93. The average molecular weight is 372 g/mol. The zero-order valence-electron chi connectivity index (χ0n) is 15.9. The third-order valence-corrected chi connectivity index (χ3v) is 5.22. The number of hydrogen-bond acceptors (Lipinski definition) is 5. The molecular weight excluding hydrogens is 346 g/mol. The van der Waals surface area contributed by atoms with E-state index in [1.54, 1.807) is 23.6 Å². The van der Waals surface area contributed by atoms with Crippen LogP contribution in [0.2, 0.25) is 0 Å². The molecule has 1 atom stereocenters. The largest absolute Gasteiger partial charge is 0.440 e. The molecule has 0 radical (unpaired) electrons. The highest BCUT2D eigenvalue weighted by Crippen LogP contribution is 2.35. The van der Waals surface area contributed by atoms with Crippen LogP contribution in [-0.2, 0) is 7.05 Å². The number of nitrogens with zero attached hydrogens (tertiary/aromatic N) is 2. The average Bonchev–Trinajstić information content (AvgIpc) is 3.06. The summed E-state index contributed by atoms with van der Waals surface area (Å²) in [4.78, 5) is 16.8. The number of hydrogen-bond donors (Lipinski definition) is 1. The summed E-state index contributed by atoms with van der Waals surface area (Å²) in [7, 11) is 1.77. The first-order chi connectivity index (χ1) is 12.4. The summed E-state index contributed by atoms with van der Waals surface area (Å²) >= 11 is 1.64. The molecule has 0 aliphatic heterocycles. The van der Waals surface area contributed by atoms with Crippen molar-refractivity contribution in [3.05, 3.63) is 46.2 Å². The van der Waals surface area contributed by atoms with Gasteiger partial charge < -0.3 is 13.7 Å². The predicted molar refractivity (Wildman–Crippen MR) is 110 cm³/mol. The number of oxazole rings is 1.